The number of aromatic carboxylic acids is 1. The van der Waals surface area contributed by atoms with E-state index < -0.39 is 5.97 Å². The topological polar surface area (TPSA) is 40.5 Å². The third-order valence-corrected chi connectivity index (χ3v) is 4.89. The van der Waals surface area contributed by atoms with Crippen LogP contribution in [-0.2, 0) is 0 Å². The molecule has 1 aromatic rings. The Labute approximate surface area is 115 Å². The van der Waals surface area contributed by atoms with Gasteiger partial charge in [0.05, 0.1) is 11.3 Å². The number of benzene rings is 1. The molecule has 0 unspecified atom stereocenters. The maximum absolute atomic E-state index is 10.9. The van der Waals surface area contributed by atoms with E-state index in [0.29, 0.717) is 11.0 Å². The van der Waals surface area contributed by atoms with Crippen LogP contribution in [0.2, 0.25) is 0 Å². The second-order valence-electron chi connectivity index (χ2n) is 5.53. The summed E-state index contributed by atoms with van der Waals surface area (Å²) in [6, 6.07) is 5.29. The number of carboxylic acid groups (broad SMARTS) is 1. The predicted octanol–water partition coefficient (Wildman–Crippen LogP) is 3.53. The Hall–Kier alpha value is -1.03. The Morgan fingerprint density at radius 3 is 2.50 bits per heavy atom. The summed E-state index contributed by atoms with van der Waals surface area (Å²) in [6.07, 6.45) is 5.45. The van der Waals surface area contributed by atoms with E-state index in [1.807, 2.05) is 6.07 Å². The highest BCUT2D eigenvalue weighted by atomic mass is 79.9. The Morgan fingerprint density at radius 1 is 1.28 bits per heavy atom. The van der Waals surface area contributed by atoms with Gasteiger partial charge in [-0.2, -0.15) is 0 Å². The van der Waals surface area contributed by atoms with Gasteiger partial charge in [0.25, 0.3) is 0 Å². The van der Waals surface area contributed by atoms with Crippen molar-refractivity contribution in [3.05, 3.63) is 28.2 Å². The van der Waals surface area contributed by atoms with Crippen LogP contribution >= 0.6 is 15.9 Å². The van der Waals surface area contributed by atoms with E-state index in [1.54, 1.807) is 12.1 Å². The average Bonchev–Trinajstić information content (AvgIpc) is 2.76. The van der Waals surface area contributed by atoms with Crippen molar-refractivity contribution in [1.29, 1.82) is 0 Å². The van der Waals surface area contributed by atoms with Gasteiger partial charge in [0.15, 0.2) is 0 Å². The zero-order valence-electron chi connectivity index (χ0n) is 10.2. The Kier molecular flexibility index (Phi) is 2.85. The molecule has 2 fully saturated rings. The number of halogens is 1. The maximum atomic E-state index is 10.9. The van der Waals surface area contributed by atoms with Gasteiger partial charge in [-0.15, -0.1) is 0 Å². The summed E-state index contributed by atoms with van der Waals surface area (Å²) in [5.41, 5.74) is 2.02. The molecule has 1 aliphatic heterocycles. The van der Waals surface area contributed by atoms with Crippen molar-refractivity contribution in [3.63, 3.8) is 0 Å². The molecule has 0 bridgehead atoms. The minimum Gasteiger partial charge on any atom is -0.478 e. The van der Waals surface area contributed by atoms with E-state index in [1.165, 1.54) is 25.7 Å². The van der Waals surface area contributed by atoms with E-state index in [4.69, 9.17) is 5.11 Å². The third-order valence-electron chi connectivity index (χ3n) is 4.25. The summed E-state index contributed by atoms with van der Waals surface area (Å²) in [6.45, 7) is 2.25. The summed E-state index contributed by atoms with van der Waals surface area (Å²) in [5.74, 6) is -0.877. The molecule has 18 heavy (non-hydrogen) atoms. The molecule has 0 aromatic heterocycles. The van der Waals surface area contributed by atoms with Gasteiger partial charge in [0, 0.05) is 23.0 Å². The van der Waals surface area contributed by atoms with Crippen molar-refractivity contribution in [2.45, 2.75) is 25.7 Å². The molecular formula is C14H16BrNO2. The van der Waals surface area contributed by atoms with Crippen LogP contribution in [0.5, 0.6) is 0 Å². The molecular weight excluding hydrogens is 294 g/mol. The molecule has 1 aliphatic carbocycles. The molecule has 4 heteroatoms. The first-order chi connectivity index (χ1) is 8.60. The number of rotatable bonds is 2. The lowest BCUT2D eigenvalue weighted by atomic mass is 9.78. The van der Waals surface area contributed by atoms with Gasteiger partial charge in [0.2, 0.25) is 0 Å². The predicted molar refractivity (Wildman–Crippen MR) is 74.2 cm³/mol. The van der Waals surface area contributed by atoms with Crippen LogP contribution < -0.4 is 4.90 Å². The molecule has 0 atom stereocenters. The number of carbonyl (C=O) groups is 1. The summed E-state index contributed by atoms with van der Waals surface area (Å²) < 4.78 is 0.884. The second kappa shape index (κ2) is 4.26. The zero-order valence-corrected chi connectivity index (χ0v) is 11.7. The lowest BCUT2D eigenvalue weighted by Crippen LogP contribution is -2.55. The Balaban J connectivity index is 1.76. The first kappa shape index (κ1) is 12.0. The SMILES string of the molecule is O=C(O)c1ccc(N2CC3(CCCC3)C2)c(Br)c1. The van der Waals surface area contributed by atoms with Crippen LogP contribution in [0.4, 0.5) is 5.69 Å². The molecule has 96 valence electrons. The summed E-state index contributed by atoms with van der Waals surface area (Å²) in [5, 5.41) is 8.94. The van der Waals surface area contributed by atoms with Gasteiger partial charge >= 0.3 is 5.97 Å². The van der Waals surface area contributed by atoms with Gasteiger partial charge in [-0.05, 0) is 47.0 Å². The fourth-order valence-corrected chi connectivity index (χ4v) is 3.90. The van der Waals surface area contributed by atoms with E-state index in [2.05, 4.69) is 20.8 Å². The molecule has 1 saturated carbocycles. The van der Waals surface area contributed by atoms with Gasteiger partial charge < -0.3 is 10.0 Å². The van der Waals surface area contributed by atoms with Crippen LogP contribution in [0.15, 0.2) is 22.7 Å². The maximum Gasteiger partial charge on any atom is 0.335 e. The lowest BCUT2D eigenvalue weighted by molar-refractivity contribution is 0.0697. The normalized spacial score (nSPS) is 21.1. The monoisotopic (exact) mass is 309 g/mol. The number of anilines is 1. The minimum atomic E-state index is -0.877. The fraction of sp³-hybridized carbons (Fsp3) is 0.500. The average molecular weight is 310 g/mol. The van der Waals surface area contributed by atoms with Crippen molar-refractivity contribution >= 4 is 27.6 Å². The molecule has 3 nitrogen and oxygen atoms in total. The van der Waals surface area contributed by atoms with Crippen LogP contribution in [0.3, 0.4) is 0 Å². The minimum absolute atomic E-state index is 0.335. The van der Waals surface area contributed by atoms with Gasteiger partial charge in [0.1, 0.15) is 0 Å². The van der Waals surface area contributed by atoms with E-state index in [-0.39, 0.29) is 0 Å². The van der Waals surface area contributed by atoms with Crippen LogP contribution in [-0.4, -0.2) is 24.2 Å². The quantitative estimate of drug-likeness (QED) is 0.908. The smallest absolute Gasteiger partial charge is 0.335 e. The van der Waals surface area contributed by atoms with Crippen molar-refractivity contribution in [2.75, 3.05) is 18.0 Å². The van der Waals surface area contributed by atoms with Crippen molar-refractivity contribution in [2.24, 2.45) is 5.41 Å². The zero-order chi connectivity index (χ0) is 12.8. The fourth-order valence-electron chi connectivity index (χ4n) is 3.27. The number of carboxylic acids is 1. The second-order valence-corrected chi connectivity index (χ2v) is 6.39. The van der Waals surface area contributed by atoms with Crippen molar-refractivity contribution < 1.29 is 9.90 Å². The first-order valence-electron chi connectivity index (χ1n) is 6.38. The molecule has 1 saturated heterocycles. The summed E-state index contributed by atoms with van der Waals surface area (Å²) in [4.78, 5) is 13.2. The largest absolute Gasteiger partial charge is 0.478 e. The first-order valence-corrected chi connectivity index (χ1v) is 7.17. The molecule has 1 heterocycles. The number of nitrogens with zero attached hydrogens (tertiary/aromatic N) is 1. The van der Waals surface area contributed by atoms with Gasteiger partial charge in [-0.1, -0.05) is 12.8 Å². The Bertz CT molecular complexity index is 487. The highest BCUT2D eigenvalue weighted by Crippen LogP contribution is 2.48. The standard InChI is InChI=1S/C14H16BrNO2/c15-11-7-10(13(17)18)3-4-12(11)16-8-14(9-16)5-1-2-6-14/h3-4,7H,1-2,5-6,8-9H2,(H,17,18). The van der Waals surface area contributed by atoms with Crippen LogP contribution in [0.25, 0.3) is 0 Å². The number of hydrogen-bond donors (Lipinski definition) is 1. The highest BCUT2D eigenvalue weighted by molar-refractivity contribution is 9.10. The Morgan fingerprint density at radius 2 is 1.94 bits per heavy atom. The lowest BCUT2D eigenvalue weighted by Gasteiger charge is -2.50. The van der Waals surface area contributed by atoms with E-state index in [9.17, 15) is 4.79 Å². The van der Waals surface area contributed by atoms with Crippen molar-refractivity contribution in [3.8, 4) is 0 Å². The molecule has 0 radical (unpaired) electrons. The van der Waals surface area contributed by atoms with E-state index >= 15 is 0 Å². The van der Waals surface area contributed by atoms with Gasteiger partial charge in [-0.25, -0.2) is 4.79 Å². The number of hydrogen-bond acceptors (Lipinski definition) is 2. The van der Waals surface area contributed by atoms with Crippen LogP contribution in [0, 0.1) is 5.41 Å². The van der Waals surface area contributed by atoms with Crippen LogP contribution in [0.1, 0.15) is 36.0 Å². The molecule has 3 rings (SSSR count). The summed E-state index contributed by atoms with van der Waals surface area (Å²) in [7, 11) is 0. The molecule has 1 aromatic carbocycles. The molecule has 1 N–H and O–H groups in total. The summed E-state index contributed by atoms with van der Waals surface area (Å²) >= 11 is 3.48. The van der Waals surface area contributed by atoms with E-state index in [0.717, 1.165) is 23.2 Å². The molecule has 1 spiro atoms. The molecule has 0 amide bonds. The van der Waals surface area contributed by atoms with Crippen molar-refractivity contribution in [1.82, 2.24) is 0 Å². The molecule has 2 aliphatic rings. The third kappa shape index (κ3) is 1.92. The highest BCUT2D eigenvalue weighted by Gasteiger charge is 2.45. The van der Waals surface area contributed by atoms with Gasteiger partial charge in [-0.3, -0.25) is 0 Å².